The molecule has 0 bridgehead atoms. The second-order valence-corrected chi connectivity index (χ2v) is 6.89. The molecule has 2 aromatic heterocycles. The molecule has 0 aliphatic rings. The Hall–Kier alpha value is -2.38. The smallest absolute Gasteiger partial charge is 0.266 e. The number of halogens is 1. The highest BCUT2D eigenvalue weighted by Crippen LogP contribution is 2.33. The van der Waals surface area contributed by atoms with E-state index in [1.807, 2.05) is 0 Å². The number of benzene rings is 1. The van der Waals surface area contributed by atoms with Crippen LogP contribution in [0.1, 0.15) is 10.5 Å². The summed E-state index contributed by atoms with van der Waals surface area (Å²) in [5, 5.41) is 0.673. The van der Waals surface area contributed by atoms with Gasteiger partial charge in [0.15, 0.2) is 0 Å². The average Bonchev–Trinajstić information content (AvgIpc) is 2.87. The molecule has 8 heteroatoms. The quantitative estimate of drug-likeness (QED) is 0.764. The zero-order valence-corrected chi connectivity index (χ0v) is 12.6. The second-order valence-electron chi connectivity index (χ2n) is 4.57. The number of amides is 1. The molecule has 0 saturated heterocycles. The highest BCUT2D eigenvalue weighted by atomic mass is 35.5. The number of H-pyrrole nitrogens is 1. The first kappa shape index (κ1) is 14.6. The van der Waals surface area contributed by atoms with Crippen molar-refractivity contribution < 1.29 is 13.2 Å². The first-order valence-electron chi connectivity index (χ1n) is 6.17. The van der Waals surface area contributed by atoms with Crippen molar-refractivity contribution in [2.75, 3.05) is 0 Å². The molecule has 3 rings (SSSR count). The van der Waals surface area contributed by atoms with E-state index in [-0.39, 0.29) is 15.5 Å². The number of hydrogen-bond donors (Lipinski definition) is 2. The van der Waals surface area contributed by atoms with Gasteiger partial charge in [-0.05, 0) is 30.3 Å². The molecule has 6 nitrogen and oxygen atoms in total. The third-order valence-electron chi connectivity index (χ3n) is 3.19. The summed E-state index contributed by atoms with van der Waals surface area (Å²) >= 11 is 5.94. The van der Waals surface area contributed by atoms with Crippen molar-refractivity contribution >= 4 is 38.2 Å². The first-order chi connectivity index (χ1) is 10.4. The normalized spacial score (nSPS) is 11.7. The molecule has 0 aliphatic carbocycles. The van der Waals surface area contributed by atoms with E-state index in [0.717, 1.165) is 0 Å². The maximum atomic E-state index is 12.8. The number of fused-ring (bicyclic) bond motifs is 1. The molecule has 0 atom stereocenters. The van der Waals surface area contributed by atoms with Gasteiger partial charge in [0, 0.05) is 28.3 Å². The summed E-state index contributed by atoms with van der Waals surface area (Å²) in [4.78, 5) is 18.0. The Morgan fingerprint density at radius 2 is 1.86 bits per heavy atom. The van der Waals surface area contributed by atoms with Gasteiger partial charge >= 0.3 is 0 Å². The van der Waals surface area contributed by atoms with E-state index in [1.165, 1.54) is 30.6 Å². The van der Waals surface area contributed by atoms with Crippen LogP contribution < -0.4 is 5.73 Å². The van der Waals surface area contributed by atoms with Crippen molar-refractivity contribution in [1.82, 2.24) is 9.97 Å². The standard InChI is InChI=1S/C14H10ClN3O3S/c15-8-1-2-11-10(7-8)13(12(18-11)14(16)19)22(20,21)9-3-5-17-6-4-9/h1-7,18H,(H2,16,19). The van der Waals surface area contributed by atoms with Gasteiger partial charge in [-0.1, -0.05) is 11.6 Å². The Balaban J connectivity index is 2.41. The molecule has 1 aromatic carbocycles. The fraction of sp³-hybridized carbons (Fsp3) is 0. The maximum absolute atomic E-state index is 12.8. The van der Waals surface area contributed by atoms with Crippen molar-refractivity contribution in [3.63, 3.8) is 0 Å². The van der Waals surface area contributed by atoms with E-state index < -0.39 is 15.7 Å². The molecule has 0 unspecified atom stereocenters. The second kappa shape index (κ2) is 5.11. The minimum absolute atomic E-state index is 0.0193. The van der Waals surface area contributed by atoms with Crippen LogP contribution in [0, 0.1) is 0 Å². The number of aromatic amines is 1. The number of aromatic nitrogens is 2. The lowest BCUT2D eigenvalue weighted by molar-refractivity contribution is 0.0993. The first-order valence-corrected chi connectivity index (χ1v) is 8.03. The molecule has 0 fully saturated rings. The molecule has 0 spiro atoms. The van der Waals surface area contributed by atoms with Gasteiger partial charge in [-0.15, -0.1) is 0 Å². The lowest BCUT2D eigenvalue weighted by Crippen LogP contribution is -2.16. The number of pyridine rings is 1. The van der Waals surface area contributed by atoms with Crippen molar-refractivity contribution in [2.45, 2.75) is 9.79 Å². The van der Waals surface area contributed by atoms with Gasteiger partial charge in [0.2, 0.25) is 9.84 Å². The van der Waals surface area contributed by atoms with Gasteiger partial charge in [0.05, 0.1) is 4.90 Å². The minimum Gasteiger partial charge on any atom is -0.364 e. The molecule has 112 valence electrons. The molecule has 3 aromatic rings. The van der Waals surface area contributed by atoms with Crippen molar-refractivity contribution in [3.05, 3.63) is 53.4 Å². The molecule has 0 saturated carbocycles. The van der Waals surface area contributed by atoms with E-state index in [1.54, 1.807) is 12.1 Å². The number of nitrogens with one attached hydrogen (secondary N) is 1. The van der Waals surface area contributed by atoms with Crippen LogP contribution in [0.15, 0.2) is 52.5 Å². The molecular formula is C14H10ClN3O3S. The molecule has 2 heterocycles. The fourth-order valence-corrected chi connectivity index (χ4v) is 3.99. The summed E-state index contributed by atoms with van der Waals surface area (Å²) in [6.45, 7) is 0. The molecule has 22 heavy (non-hydrogen) atoms. The summed E-state index contributed by atoms with van der Waals surface area (Å²) in [6, 6.07) is 7.37. The number of carbonyl (C=O) groups is 1. The van der Waals surface area contributed by atoms with Gasteiger partial charge in [-0.25, -0.2) is 8.42 Å². The van der Waals surface area contributed by atoms with Gasteiger partial charge in [0.25, 0.3) is 5.91 Å². The predicted octanol–water partition coefficient (Wildman–Crippen LogP) is 2.15. The van der Waals surface area contributed by atoms with Gasteiger partial charge in [-0.2, -0.15) is 0 Å². The molecule has 1 amide bonds. The molecular weight excluding hydrogens is 326 g/mol. The zero-order chi connectivity index (χ0) is 15.9. The topological polar surface area (TPSA) is 106 Å². The monoisotopic (exact) mass is 335 g/mol. The molecule has 0 radical (unpaired) electrons. The Morgan fingerprint density at radius 1 is 1.18 bits per heavy atom. The van der Waals surface area contributed by atoms with E-state index in [9.17, 15) is 13.2 Å². The van der Waals surface area contributed by atoms with E-state index in [0.29, 0.717) is 15.9 Å². The number of rotatable bonds is 3. The lowest BCUT2D eigenvalue weighted by atomic mass is 10.2. The van der Waals surface area contributed by atoms with Gasteiger partial charge in [0.1, 0.15) is 10.6 Å². The maximum Gasteiger partial charge on any atom is 0.266 e. The van der Waals surface area contributed by atoms with Crippen LogP contribution in [-0.2, 0) is 9.84 Å². The SMILES string of the molecule is NC(=O)c1[nH]c2ccc(Cl)cc2c1S(=O)(=O)c1ccncc1. The summed E-state index contributed by atoms with van der Waals surface area (Å²) in [5.74, 6) is -0.861. The minimum atomic E-state index is -3.95. The van der Waals surface area contributed by atoms with Crippen LogP contribution in [0.5, 0.6) is 0 Å². The number of sulfone groups is 1. The van der Waals surface area contributed by atoms with Crippen LogP contribution in [0.25, 0.3) is 10.9 Å². The average molecular weight is 336 g/mol. The Labute approximate surface area is 130 Å². The third kappa shape index (κ3) is 2.24. The van der Waals surface area contributed by atoms with Crippen molar-refractivity contribution in [2.24, 2.45) is 5.73 Å². The summed E-state index contributed by atoms with van der Waals surface area (Å²) < 4.78 is 25.7. The van der Waals surface area contributed by atoms with Crippen LogP contribution >= 0.6 is 11.6 Å². The van der Waals surface area contributed by atoms with Gasteiger partial charge < -0.3 is 10.7 Å². The highest BCUT2D eigenvalue weighted by molar-refractivity contribution is 7.91. The summed E-state index contributed by atoms with van der Waals surface area (Å²) in [5.41, 5.74) is 5.60. The lowest BCUT2D eigenvalue weighted by Gasteiger charge is -2.05. The van der Waals surface area contributed by atoms with Gasteiger partial charge in [-0.3, -0.25) is 9.78 Å². The number of hydrogen-bond acceptors (Lipinski definition) is 4. The summed E-state index contributed by atoms with van der Waals surface area (Å²) in [7, 11) is -3.95. The Bertz CT molecular complexity index is 981. The van der Waals surface area contributed by atoms with Crippen molar-refractivity contribution in [3.8, 4) is 0 Å². The number of carbonyl (C=O) groups excluding carboxylic acids is 1. The van der Waals surface area contributed by atoms with E-state index >= 15 is 0 Å². The molecule has 0 aliphatic heterocycles. The van der Waals surface area contributed by atoms with E-state index in [2.05, 4.69) is 9.97 Å². The summed E-state index contributed by atoms with van der Waals surface area (Å²) in [6.07, 6.45) is 2.72. The number of nitrogens with zero attached hydrogens (tertiary/aromatic N) is 1. The molecule has 3 N–H and O–H groups in total. The van der Waals surface area contributed by atoms with Crippen LogP contribution in [0.2, 0.25) is 5.02 Å². The fourth-order valence-electron chi connectivity index (χ4n) is 2.23. The number of primary amides is 1. The predicted molar refractivity (Wildman–Crippen MR) is 81.5 cm³/mol. The Kier molecular flexibility index (Phi) is 3.38. The van der Waals surface area contributed by atoms with Crippen LogP contribution in [-0.4, -0.2) is 24.3 Å². The number of nitrogens with two attached hydrogens (primary N) is 1. The Morgan fingerprint density at radius 3 is 2.50 bits per heavy atom. The zero-order valence-electron chi connectivity index (χ0n) is 11.1. The third-order valence-corrected chi connectivity index (χ3v) is 5.28. The highest BCUT2D eigenvalue weighted by Gasteiger charge is 2.28. The van der Waals surface area contributed by atoms with Crippen molar-refractivity contribution in [1.29, 1.82) is 0 Å². The van der Waals surface area contributed by atoms with Crippen LogP contribution in [0.3, 0.4) is 0 Å². The van der Waals surface area contributed by atoms with E-state index in [4.69, 9.17) is 17.3 Å². The van der Waals surface area contributed by atoms with Crippen LogP contribution in [0.4, 0.5) is 0 Å². The largest absolute Gasteiger partial charge is 0.364 e.